The third-order valence-electron chi connectivity index (χ3n) is 5.07. The van der Waals surface area contributed by atoms with Crippen molar-refractivity contribution < 1.29 is 9.59 Å². The third-order valence-corrected chi connectivity index (χ3v) is 5.07. The first-order valence-corrected chi connectivity index (χ1v) is 11.2. The minimum atomic E-state index is 0.0126. The number of rotatable bonds is 8. The lowest BCUT2D eigenvalue weighted by Gasteiger charge is -2.36. The minimum Gasteiger partial charge on any atom is -0.357 e. The monoisotopic (exact) mass is 430 g/mol. The molecule has 0 radical (unpaired) electrons. The summed E-state index contributed by atoms with van der Waals surface area (Å²) in [5.74, 6) is 1.01. The molecule has 1 aromatic carbocycles. The summed E-state index contributed by atoms with van der Waals surface area (Å²) in [6.45, 7) is 11.3. The highest BCUT2D eigenvalue weighted by Gasteiger charge is 2.21. The standard InChI is InChI=1S/C23H38N6O2/c1-6-24-23(29-14-12-28(13-15-29)17-21(30)26-18(2)3)25-11-10-19-8-7-9-20(16-19)22(31)27(4)5/h7-9,16,18H,6,10-15,17H2,1-5H3,(H,24,25)(H,26,30). The normalized spacial score (nSPS) is 15.2. The van der Waals surface area contributed by atoms with E-state index in [0.717, 1.165) is 50.7 Å². The summed E-state index contributed by atoms with van der Waals surface area (Å²) in [4.78, 5) is 35.0. The number of nitrogens with one attached hydrogen (secondary N) is 2. The maximum Gasteiger partial charge on any atom is 0.253 e. The molecule has 8 nitrogen and oxygen atoms in total. The summed E-state index contributed by atoms with van der Waals surface area (Å²) in [5.41, 5.74) is 1.81. The Morgan fingerprint density at radius 2 is 1.87 bits per heavy atom. The van der Waals surface area contributed by atoms with E-state index >= 15 is 0 Å². The van der Waals surface area contributed by atoms with Crippen molar-refractivity contribution in [2.24, 2.45) is 4.99 Å². The zero-order chi connectivity index (χ0) is 22.8. The van der Waals surface area contributed by atoms with E-state index in [0.29, 0.717) is 18.7 Å². The van der Waals surface area contributed by atoms with E-state index in [2.05, 4.69) is 27.4 Å². The summed E-state index contributed by atoms with van der Waals surface area (Å²) in [5, 5.41) is 6.33. The van der Waals surface area contributed by atoms with Gasteiger partial charge in [0.25, 0.3) is 5.91 Å². The van der Waals surface area contributed by atoms with Crippen molar-refractivity contribution in [3.05, 3.63) is 35.4 Å². The lowest BCUT2D eigenvalue weighted by Crippen LogP contribution is -2.54. The first kappa shape index (κ1) is 24.7. The van der Waals surface area contributed by atoms with Crippen LogP contribution in [0.4, 0.5) is 0 Å². The van der Waals surface area contributed by atoms with E-state index in [1.54, 1.807) is 19.0 Å². The van der Waals surface area contributed by atoms with Gasteiger partial charge in [-0.2, -0.15) is 0 Å². The smallest absolute Gasteiger partial charge is 0.253 e. The molecule has 0 unspecified atom stereocenters. The van der Waals surface area contributed by atoms with Crippen LogP contribution in [0.2, 0.25) is 0 Å². The molecule has 0 atom stereocenters. The van der Waals surface area contributed by atoms with Gasteiger partial charge in [0.15, 0.2) is 5.96 Å². The molecular formula is C23H38N6O2. The Kier molecular flexibility index (Phi) is 9.78. The Bertz CT molecular complexity index is 754. The van der Waals surface area contributed by atoms with Crippen LogP contribution in [-0.4, -0.2) is 98.4 Å². The van der Waals surface area contributed by atoms with Crippen LogP contribution in [0.3, 0.4) is 0 Å². The average molecular weight is 431 g/mol. The van der Waals surface area contributed by atoms with Gasteiger partial charge < -0.3 is 20.4 Å². The van der Waals surface area contributed by atoms with Crippen LogP contribution in [0.25, 0.3) is 0 Å². The predicted molar refractivity (Wildman–Crippen MR) is 125 cm³/mol. The molecule has 1 aromatic rings. The van der Waals surface area contributed by atoms with Gasteiger partial charge >= 0.3 is 0 Å². The van der Waals surface area contributed by atoms with Gasteiger partial charge in [0.05, 0.1) is 6.54 Å². The first-order chi connectivity index (χ1) is 14.8. The molecule has 0 spiro atoms. The van der Waals surface area contributed by atoms with Crippen LogP contribution in [0.5, 0.6) is 0 Å². The van der Waals surface area contributed by atoms with Crippen LogP contribution >= 0.6 is 0 Å². The highest BCUT2D eigenvalue weighted by atomic mass is 16.2. The fourth-order valence-electron chi connectivity index (χ4n) is 3.52. The fourth-order valence-corrected chi connectivity index (χ4v) is 3.52. The van der Waals surface area contributed by atoms with Gasteiger partial charge in [-0.25, -0.2) is 0 Å². The zero-order valence-corrected chi connectivity index (χ0v) is 19.6. The largest absolute Gasteiger partial charge is 0.357 e. The zero-order valence-electron chi connectivity index (χ0n) is 19.6. The molecule has 1 saturated heterocycles. The number of nitrogens with zero attached hydrogens (tertiary/aromatic N) is 4. The number of carbonyl (C=O) groups is 2. The first-order valence-electron chi connectivity index (χ1n) is 11.2. The van der Waals surface area contributed by atoms with E-state index in [1.807, 2.05) is 38.1 Å². The number of amides is 2. The molecular weight excluding hydrogens is 392 g/mol. The molecule has 2 amide bonds. The Morgan fingerprint density at radius 3 is 2.48 bits per heavy atom. The number of carbonyl (C=O) groups excluding carboxylic acids is 2. The molecule has 0 bridgehead atoms. The molecule has 1 fully saturated rings. The van der Waals surface area contributed by atoms with Crippen molar-refractivity contribution in [3.8, 4) is 0 Å². The second-order valence-electron chi connectivity index (χ2n) is 8.37. The van der Waals surface area contributed by atoms with Crippen molar-refractivity contribution >= 4 is 17.8 Å². The SMILES string of the molecule is CCNC(=NCCc1cccc(C(=O)N(C)C)c1)N1CCN(CC(=O)NC(C)C)CC1. The van der Waals surface area contributed by atoms with Crippen molar-refractivity contribution in [2.75, 3.05) is 59.9 Å². The Balaban J connectivity index is 1.89. The van der Waals surface area contributed by atoms with E-state index < -0.39 is 0 Å². The van der Waals surface area contributed by atoms with E-state index in [9.17, 15) is 9.59 Å². The summed E-state index contributed by atoms with van der Waals surface area (Å²) in [7, 11) is 3.52. The average Bonchev–Trinajstić information content (AvgIpc) is 2.72. The van der Waals surface area contributed by atoms with Crippen LogP contribution in [0.15, 0.2) is 29.3 Å². The van der Waals surface area contributed by atoms with Crippen molar-refractivity contribution in [1.29, 1.82) is 0 Å². The Labute approximate surface area is 186 Å². The summed E-state index contributed by atoms with van der Waals surface area (Å²) >= 11 is 0. The molecule has 1 aliphatic heterocycles. The van der Waals surface area contributed by atoms with Crippen LogP contribution in [0.1, 0.15) is 36.7 Å². The van der Waals surface area contributed by atoms with Crippen molar-refractivity contribution in [1.82, 2.24) is 25.3 Å². The minimum absolute atomic E-state index is 0.0126. The molecule has 2 rings (SSSR count). The summed E-state index contributed by atoms with van der Waals surface area (Å²) in [6.07, 6.45) is 0.777. The van der Waals surface area contributed by atoms with E-state index in [-0.39, 0.29) is 17.9 Å². The lowest BCUT2D eigenvalue weighted by molar-refractivity contribution is -0.123. The van der Waals surface area contributed by atoms with Crippen LogP contribution in [-0.2, 0) is 11.2 Å². The van der Waals surface area contributed by atoms with Gasteiger partial charge in [-0.1, -0.05) is 12.1 Å². The fraction of sp³-hybridized carbons (Fsp3) is 0.609. The highest BCUT2D eigenvalue weighted by Crippen LogP contribution is 2.09. The lowest BCUT2D eigenvalue weighted by atomic mass is 10.1. The number of hydrogen-bond donors (Lipinski definition) is 2. The van der Waals surface area contributed by atoms with Gasteiger partial charge in [0.1, 0.15) is 0 Å². The molecule has 172 valence electrons. The Hall–Kier alpha value is -2.61. The number of benzene rings is 1. The topological polar surface area (TPSA) is 80.3 Å². The van der Waals surface area contributed by atoms with Crippen molar-refractivity contribution in [2.45, 2.75) is 33.2 Å². The second-order valence-corrected chi connectivity index (χ2v) is 8.37. The highest BCUT2D eigenvalue weighted by molar-refractivity contribution is 5.94. The molecule has 0 aromatic heterocycles. The quantitative estimate of drug-likeness (QED) is 0.476. The third kappa shape index (κ3) is 8.20. The second kappa shape index (κ2) is 12.3. The van der Waals surface area contributed by atoms with Gasteiger partial charge in [-0.05, 0) is 44.9 Å². The summed E-state index contributed by atoms with van der Waals surface area (Å²) < 4.78 is 0. The van der Waals surface area contributed by atoms with E-state index in [4.69, 9.17) is 4.99 Å². The van der Waals surface area contributed by atoms with Crippen molar-refractivity contribution in [3.63, 3.8) is 0 Å². The molecule has 0 saturated carbocycles. The number of guanidine groups is 1. The van der Waals surface area contributed by atoms with Crippen LogP contribution in [0, 0.1) is 0 Å². The van der Waals surface area contributed by atoms with E-state index in [1.165, 1.54) is 0 Å². The van der Waals surface area contributed by atoms with Gasteiger partial charge in [0.2, 0.25) is 5.91 Å². The molecule has 0 aliphatic carbocycles. The maximum absolute atomic E-state index is 12.2. The summed E-state index contributed by atoms with van der Waals surface area (Å²) in [6, 6.07) is 7.93. The molecule has 2 N–H and O–H groups in total. The van der Waals surface area contributed by atoms with Crippen LogP contribution < -0.4 is 10.6 Å². The van der Waals surface area contributed by atoms with Gasteiger partial charge in [-0.3, -0.25) is 19.5 Å². The maximum atomic E-state index is 12.2. The molecule has 1 heterocycles. The predicted octanol–water partition coefficient (Wildman–Crippen LogP) is 1.04. The number of piperazine rings is 1. The molecule has 1 aliphatic rings. The Morgan fingerprint density at radius 1 is 1.16 bits per heavy atom. The molecule has 8 heteroatoms. The van der Waals surface area contributed by atoms with Gasteiger partial charge in [-0.15, -0.1) is 0 Å². The molecule has 31 heavy (non-hydrogen) atoms. The van der Waals surface area contributed by atoms with Gasteiger partial charge in [0, 0.05) is 65.0 Å². The number of hydrogen-bond acceptors (Lipinski definition) is 4. The number of aliphatic imine (C=N–C) groups is 1.